The van der Waals surface area contributed by atoms with Crippen molar-refractivity contribution >= 4 is 23.6 Å². The molecule has 0 aliphatic carbocycles. The van der Waals surface area contributed by atoms with E-state index < -0.39 is 0 Å². The number of likely N-dealkylation sites (tertiary alicyclic amines) is 1. The predicted molar refractivity (Wildman–Crippen MR) is 105 cm³/mol. The Labute approximate surface area is 154 Å². The first-order chi connectivity index (χ1) is 12.6. The summed E-state index contributed by atoms with van der Waals surface area (Å²) in [5.41, 5.74) is 2.98. The van der Waals surface area contributed by atoms with Crippen LogP contribution >= 0.6 is 0 Å². The Balaban J connectivity index is 1.57. The maximum atomic E-state index is 12.5. The molecule has 2 amide bonds. The molecular formula is C22H24N2O2. The van der Waals surface area contributed by atoms with Crippen molar-refractivity contribution in [3.05, 3.63) is 71.8 Å². The van der Waals surface area contributed by atoms with Crippen molar-refractivity contribution in [1.29, 1.82) is 0 Å². The van der Waals surface area contributed by atoms with E-state index in [1.807, 2.05) is 67.6 Å². The average Bonchev–Trinajstić information content (AvgIpc) is 2.68. The highest BCUT2D eigenvalue weighted by atomic mass is 16.2. The minimum atomic E-state index is -0.166. The maximum absolute atomic E-state index is 12.5. The first kappa shape index (κ1) is 17.9. The minimum Gasteiger partial charge on any atom is -0.338 e. The van der Waals surface area contributed by atoms with Gasteiger partial charge >= 0.3 is 0 Å². The first-order valence-corrected chi connectivity index (χ1v) is 9.01. The molecule has 26 heavy (non-hydrogen) atoms. The van der Waals surface area contributed by atoms with Crippen LogP contribution in [0.3, 0.4) is 0 Å². The Morgan fingerprint density at radius 1 is 1.08 bits per heavy atom. The van der Waals surface area contributed by atoms with Gasteiger partial charge in [-0.15, -0.1) is 0 Å². The van der Waals surface area contributed by atoms with Gasteiger partial charge in [0.25, 0.3) is 0 Å². The van der Waals surface area contributed by atoms with E-state index in [4.69, 9.17) is 0 Å². The van der Waals surface area contributed by atoms with Gasteiger partial charge in [0.2, 0.25) is 11.8 Å². The summed E-state index contributed by atoms with van der Waals surface area (Å²) in [6.45, 7) is 3.20. The number of carbonyl (C=O) groups excluding carboxylic acids is 2. The van der Waals surface area contributed by atoms with Crippen molar-refractivity contribution in [3.63, 3.8) is 0 Å². The lowest BCUT2D eigenvalue weighted by molar-refractivity contribution is -0.130. The van der Waals surface area contributed by atoms with Gasteiger partial charge in [0, 0.05) is 24.9 Å². The Hall–Kier alpha value is -2.88. The number of piperidine rings is 1. The monoisotopic (exact) mass is 348 g/mol. The molecule has 0 aromatic heterocycles. The van der Waals surface area contributed by atoms with E-state index in [2.05, 4.69) is 5.32 Å². The number of carbonyl (C=O) groups is 2. The molecule has 4 nitrogen and oxygen atoms in total. The molecule has 2 aromatic carbocycles. The molecule has 0 radical (unpaired) electrons. The number of para-hydroxylation sites is 1. The van der Waals surface area contributed by atoms with Crippen molar-refractivity contribution in [3.8, 4) is 0 Å². The highest BCUT2D eigenvalue weighted by molar-refractivity contribution is 5.95. The van der Waals surface area contributed by atoms with E-state index in [1.165, 1.54) is 5.56 Å². The first-order valence-electron chi connectivity index (χ1n) is 9.01. The van der Waals surface area contributed by atoms with E-state index in [1.54, 1.807) is 11.0 Å². The largest absolute Gasteiger partial charge is 0.338 e. The highest BCUT2D eigenvalue weighted by Gasteiger charge is 2.27. The summed E-state index contributed by atoms with van der Waals surface area (Å²) in [5, 5.41) is 2.94. The highest BCUT2D eigenvalue weighted by Crippen LogP contribution is 2.19. The zero-order valence-corrected chi connectivity index (χ0v) is 15.0. The van der Waals surface area contributed by atoms with Crippen LogP contribution in [-0.4, -0.2) is 29.8 Å². The molecule has 3 rings (SSSR count). The van der Waals surface area contributed by atoms with Crippen molar-refractivity contribution < 1.29 is 9.59 Å². The zero-order valence-electron chi connectivity index (χ0n) is 15.0. The molecule has 1 unspecified atom stereocenters. The lowest BCUT2D eigenvalue weighted by Gasteiger charge is -2.31. The van der Waals surface area contributed by atoms with E-state index in [0.29, 0.717) is 13.1 Å². The molecular weight excluding hydrogens is 324 g/mol. The van der Waals surface area contributed by atoms with Gasteiger partial charge in [-0.2, -0.15) is 0 Å². The quantitative estimate of drug-likeness (QED) is 0.852. The van der Waals surface area contributed by atoms with E-state index in [0.717, 1.165) is 24.1 Å². The second kappa shape index (κ2) is 8.48. The van der Waals surface area contributed by atoms with Crippen molar-refractivity contribution in [2.75, 3.05) is 18.4 Å². The third kappa shape index (κ3) is 4.82. The number of rotatable bonds is 4. The van der Waals surface area contributed by atoms with Crippen LogP contribution in [0.2, 0.25) is 0 Å². The molecule has 0 spiro atoms. The minimum absolute atomic E-state index is 0.0174. The van der Waals surface area contributed by atoms with Crippen LogP contribution in [0, 0.1) is 12.8 Å². The summed E-state index contributed by atoms with van der Waals surface area (Å²) >= 11 is 0. The molecule has 1 aliphatic rings. The van der Waals surface area contributed by atoms with Crippen LogP contribution in [0.25, 0.3) is 6.08 Å². The third-order valence-electron chi connectivity index (χ3n) is 4.64. The Morgan fingerprint density at radius 2 is 1.81 bits per heavy atom. The number of aryl methyl sites for hydroxylation is 1. The van der Waals surface area contributed by atoms with Gasteiger partial charge < -0.3 is 10.2 Å². The predicted octanol–water partition coefficient (Wildman–Crippen LogP) is 3.89. The number of amides is 2. The van der Waals surface area contributed by atoms with E-state index in [9.17, 15) is 9.59 Å². The third-order valence-corrected chi connectivity index (χ3v) is 4.64. The smallest absolute Gasteiger partial charge is 0.246 e. The summed E-state index contributed by atoms with van der Waals surface area (Å²) in [7, 11) is 0. The molecule has 1 heterocycles. The van der Waals surface area contributed by atoms with Crippen LogP contribution in [-0.2, 0) is 9.59 Å². The van der Waals surface area contributed by atoms with E-state index >= 15 is 0 Å². The van der Waals surface area contributed by atoms with Crippen LogP contribution in [0.5, 0.6) is 0 Å². The number of benzene rings is 2. The molecule has 2 aromatic rings. The number of hydrogen-bond donors (Lipinski definition) is 1. The normalized spacial score (nSPS) is 17.3. The molecule has 1 fully saturated rings. The van der Waals surface area contributed by atoms with Gasteiger partial charge in [-0.05, 0) is 43.5 Å². The summed E-state index contributed by atoms with van der Waals surface area (Å²) in [6, 6.07) is 17.5. The van der Waals surface area contributed by atoms with Gasteiger partial charge in [0.05, 0.1) is 5.92 Å². The van der Waals surface area contributed by atoms with Crippen LogP contribution in [0.4, 0.5) is 5.69 Å². The lowest BCUT2D eigenvalue weighted by atomic mass is 9.97. The van der Waals surface area contributed by atoms with Gasteiger partial charge in [-0.1, -0.05) is 48.0 Å². The molecule has 4 heteroatoms. The fraction of sp³-hybridized carbons (Fsp3) is 0.273. The number of nitrogens with one attached hydrogen (secondary N) is 1. The Morgan fingerprint density at radius 3 is 2.54 bits per heavy atom. The molecule has 1 N–H and O–H groups in total. The SMILES string of the molecule is Cc1ccc(/C=C/C(=O)N2CCCC(C(=O)Nc3ccccc3)C2)cc1. The topological polar surface area (TPSA) is 49.4 Å². The van der Waals surface area contributed by atoms with Crippen molar-refractivity contribution in [2.24, 2.45) is 5.92 Å². The summed E-state index contributed by atoms with van der Waals surface area (Å²) < 4.78 is 0. The van der Waals surface area contributed by atoms with Gasteiger partial charge in [0.15, 0.2) is 0 Å². The zero-order chi connectivity index (χ0) is 18.4. The number of nitrogens with zero attached hydrogens (tertiary/aromatic N) is 1. The molecule has 134 valence electrons. The number of hydrogen-bond acceptors (Lipinski definition) is 2. The Kier molecular flexibility index (Phi) is 5.84. The van der Waals surface area contributed by atoms with E-state index in [-0.39, 0.29) is 17.7 Å². The molecule has 0 bridgehead atoms. The fourth-order valence-electron chi connectivity index (χ4n) is 3.11. The molecule has 1 aliphatic heterocycles. The van der Waals surface area contributed by atoms with Crippen molar-refractivity contribution in [2.45, 2.75) is 19.8 Å². The van der Waals surface area contributed by atoms with Gasteiger partial charge in [-0.3, -0.25) is 9.59 Å². The summed E-state index contributed by atoms with van der Waals surface area (Å²) in [5.74, 6) is -0.223. The second-order valence-electron chi connectivity index (χ2n) is 6.72. The van der Waals surface area contributed by atoms with Crippen molar-refractivity contribution in [1.82, 2.24) is 4.90 Å². The Bertz CT molecular complexity index is 782. The second-order valence-corrected chi connectivity index (χ2v) is 6.72. The molecule has 1 atom stereocenters. The summed E-state index contributed by atoms with van der Waals surface area (Å²) in [6.07, 6.45) is 5.08. The molecule has 0 saturated carbocycles. The molecule has 1 saturated heterocycles. The lowest BCUT2D eigenvalue weighted by Crippen LogP contribution is -2.43. The maximum Gasteiger partial charge on any atom is 0.246 e. The van der Waals surface area contributed by atoms with Gasteiger partial charge in [-0.25, -0.2) is 0 Å². The van der Waals surface area contributed by atoms with Crippen LogP contribution < -0.4 is 5.32 Å². The van der Waals surface area contributed by atoms with Crippen LogP contribution in [0.15, 0.2) is 60.7 Å². The summed E-state index contributed by atoms with van der Waals surface area (Å²) in [4.78, 5) is 26.7. The van der Waals surface area contributed by atoms with Gasteiger partial charge in [0.1, 0.15) is 0 Å². The fourth-order valence-corrected chi connectivity index (χ4v) is 3.11. The number of anilines is 1. The van der Waals surface area contributed by atoms with Crippen LogP contribution in [0.1, 0.15) is 24.0 Å². The average molecular weight is 348 g/mol. The standard InChI is InChI=1S/C22H24N2O2/c1-17-9-11-18(12-10-17)13-14-21(25)24-15-5-6-19(16-24)22(26)23-20-7-3-2-4-8-20/h2-4,7-14,19H,5-6,15-16H2,1H3,(H,23,26)/b14-13+.